The van der Waals surface area contributed by atoms with E-state index in [2.05, 4.69) is 25.4 Å². The van der Waals surface area contributed by atoms with Crippen LogP contribution in [0.5, 0.6) is 0 Å². The minimum atomic E-state index is -0.411. The topological polar surface area (TPSA) is 121 Å². The number of nitrogens with two attached hydrogens (primary N) is 2. The van der Waals surface area contributed by atoms with Crippen molar-refractivity contribution in [3.63, 3.8) is 0 Å². The second kappa shape index (κ2) is 7.44. The molecular formula is C22H21FN8. The van der Waals surface area contributed by atoms with Gasteiger partial charge in [-0.15, -0.1) is 0 Å². The van der Waals surface area contributed by atoms with Gasteiger partial charge in [0.25, 0.3) is 0 Å². The zero-order valence-electron chi connectivity index (χ0n) is 16.8. The monoisotopic (exact) mass is 416 g/mol. The van der Waals surface area contributed by atoms with Gasteiger partial charge in [-0.1, -0.05) is 36.4 Å². The van der Waals surface area contributed by atoms with Crippen LogP contribution in [0.4, 0.5) is 16.2 Å². The summed E-state index contributed by atoms with van der Waals surface area (Å²) in [7, 11) is 0. The summed E-state index contributed by atoms with van der Waals surface area (Å²) in [6, 6.07) is 14.6. The molecular weight excluding hydrogens is 395 g/mol. The van der Waals surface area contributed by atoms with E-state index in [1.807, 2.05) is 36.4 Å². The Morgan fingerprint density at radius 1 is 1.06 bits per heavy atom. The molecule has 1 aliphatic rings. The molecule has 0 amide bonds. The summed E-state index contributed by atoms with van der Waals surface area (Å²) in [5.41, 5.74) is 15.8. The van der Waals surface area contributed by atoms with E-state index in [1.54, 1.807) is 13.0 Å². The first-order valence-corrected chi connectivity index (χ1v) is 9.90. The molecule has 0 radical (unpaired) electrons. The number of nitrogen functional groups attached to an aromatic ring is 2. The van der Waals surface area contributed by atoms with Crippen molar-refractivity contribution >= 4 is 11.8 Å². The standard InChI is InChI=1S/C22H21FN8/c1-12-27-11-31(30-12)17-8-7-14(9-16(17)23)19-18-20(28-22(25)29-21(18)24)15(10-26-19)13-5-3-2-4-6-13/h2-9,11,15,19,26H,10H2,1H3,(H4,24,25,28,29). The minimum absolute atomic E-state index is 0.0395. The van der Waals surface area contributed by atoms with Gasteiger partial charge in [-0.25, -0.2) is 19.0 Å². The lowest BCUT2D eigenvalue weighted by Gasteiger charge is -2.33. The molecule has 0 bridgehead atoms. The summed E-state index contributed by atoms with van der Waals surface area (Å²) >= 11 is 0. The van der Waals surface area contributed by atoms with Gasteiger partial charge >= 0.3 is 0 Å². The van der Waals surface area contributed by atoms with E-state index in [-0.39, 0.29) is 23.7 Å². The van der Waals surface area contributed by atoms with Gasteiger partial charge in [0.1, 0.15) is 29.5 Å². The molecule has 5 rings (SSSR count). The number of fused-ring (bicyclic) bond motifs is 1. The molecule has 2 aromatic carbocycles. The summed E-state index contributed by atoms with van der Waals surface area (Å²) in [6.07, 6.45) is 1.49. The van der Waals surface area contributed by atoms with E-state index in [9.17, 15) is 4.39 Å². The Bertz CT molecular complexity index is 1250. The van der Waals surface area contributed by atoms with Crippen molar-refractivity contribution in [1.82, 2.24) is 30.0 Å². The molecule has 2 atom stereocenters. The van der Waals surface area contributed by atoms with Crippen molar-refractivity contribution in [2.24, 2.45) is 0 Å². The fourth-order valence-electron chi connectivity index (χ4n) is 4.12. The fraction of sp³-hybridized carbons (Fsp3) is 0.182. The number of hydrogen-bond donors (Lipinski definition) is 3. The van der Waals surface area contributed by atoms with Crippen molar-refractivity contribution in [3.05, 3.63) is 88.9 Å². The molecule has 0 spiro atoms. The van der Waals surface area contributed by atoms with Crippen LogP contribution < -0.4 is 16.8 Å². The maximum atomic E-state index is 15.0. The average molecular weight is 416 g/mol. The predicted molar refractivity (Wildman–Crippen MR) is 115 cm³/mol. The number of halogens is 1. The zero-order valence-corrected chi connectivity index (χ0v) is 16.8. The number of benzene rings is 2. The van der Waals surface area contributed by atoms with Gasteiger partial charge in [-0.3, -0.25) is 0 Å². The smallest absolute Gasteiger partial charge is 0.222 e. The Hall–Kier alpha value is -3.85. The highest BCUT2D eigenvalue weighted by Gasteiger charge is 2.33. The lowest BCUT2D eigenvalue weighted by atomic mass is 9.84. The highest BCUT2D eigenvalue weighted by molar-refractivity contribution is 5.56. The number of aromatic nitrogens is 5. The highest BCUT2D eigenvalue weighted by atomic mass is 19.1. The van der Waals surface area contributed by atoms with E-state index in [1.165, 1.54) is 17.1 Å². The molecule has 0 aliphatic carbocycles. The number of anilines is 2. The molecule has 5 N–H and O–H groups in total. The first kappa shape index (κ1) is 19.1. The van der Waals surface area contributed by atoms with Gasteiger partial charge in [0, 0.05) is 18.0 Å². The van der Waals surface area contributed by atoms with Crippen molar-refractivity contribution in [1.29, 1.82) is 0 Å². The molecule has 2 unspecified atom stereocenters. The third kappa shape index (κ3) is 3.38. The molecule has 0 fully saturated rings. The van der Waals surface area contributed by atoms with Crippen LogP contribution in [-0.2, 0) is 0 Å². The highest BCUT2D eigenvalue weighted by Crippen LogP contribution is 2.39. The Balaban J connectivity index is 1.58. The Morgan fingerprint density at radius 2 is 1.87 bits per heavy atom. The third-order valence-electron chi connectivity index (χ3n) is 5.53. The Morgan fingerprint density at radius 3 is 2.58 bits per heavy atom. The molecule has 0 saturated heterocycles. The van der Waals surface area contributed by atoms with E-state index in [0.717, 1.165) is 16.8 Å². The summed E-state index contributed by atoms with van der Waals surface area (Å²) in [5, 5.41) is 7.67. The largest absolute Gasteiger partial charge is 0.383 e. The molecule has 4 aromatic rings. The molecule has 2 aromatic heterocycles. The number of aryl methyl sites for hydroxylation is 1. The van der Waals surface area contributed by atoms with Gasteiger partial charge in [-0.05, 0) is 30.2 Å². The van der Waals surface area contributed by atoms with Crippen molar-refractivity contribution in [2.45, 2.75) is 18.9 Å². The van der Waals surface area contributed by atoms with Crippen LogP contribution in [0.15, 0.2) is 54.9 Å². The van der Waals surface area contributed by atoms with Crippen molar-refractivity contribution in [3.8, 4) is 5.69 Å². The normalized spacial score (nSPS) is 18.0. The lowest BCUT2D eigenvalue weighted by Crippen LogP contribution is -2.36. The van der Waals surface area contributed by atoms with E-state index >= 15 is 0 Å². The maximum Gasteiger partial charge on any atom is 0.222 e. The van der Waals surface area contributed by atoms with Gasteiger partial charge in [0.05, 0.1) is 11.7 Å². The summed E-state index contributed by atoms with van der Waals surface area (Å²) in [4.78, 5) is 12.8. The number of rotatable bonds is 3. The first-order chi connectivity index (χ1) is 15.0. The molecule has 9 heteroatoms. The van der Waals surface area contributed by atoms with Crippen molar-refractivity contribution < 1.29 is 4.39 Å². The van der Waals surface area contributed by atoms with Gasteiger partial charge in [-0.2, -0.15) is 10.1 Å². The van der Waals surface area contributed by atoms with Crippen molar-refractivity contribution in [2.75, 3.05) is 18.0 Å². The second-order valence-corrected chi connectivity index (χ2v) is 7.52. The molecule has 3 heterocycles. The SMILES string of the molecule is Cc1ncn(-c2ccc(C3NCC(c4ccccc4)c4nc(N)nc(N)c43)cc2F)n1. The van der Waals surface area contributed by atoms with Gasteiger partial charge < -0.3 is 16.8 Å². The first-order valence-electron chi connectivity index (χ1n) is 9.90. The minimum Gasteiger partial charge on any atom is -0.383 e. The van der Waals surface area contributed by atoms with Crippen LogP contribution >= 0.6 is 0 Å². The number of nitrogens with one attached hydrogen (secondary N) is 1. The summed E-state index contributed by atoms with van der Waals surface area (Å²) in [5.74, 6) is 0.534. The Kier molecular flexibility index (Phi) is 4.59. The van der Waals surface area contributed by atoms with Gasteiger partial charge in [0.2, 0.25) is 5.95 Å². The van der Waals surface area contributed by atoms with Crippen LogP contribution in [0.2, 0.25) is 0 Å². The number of nitrogens with zero attached hydrogens (tertiary/aromatic N) is 5. The third-order valence-corrected chi connectivity index (χ3v) is 5.53. The maximum absolute atomic E-state index is 15.0. The quantitative estimate of drug-likeness (QED) is 0.469. The number of hydrogen-bond acceptors (Lipinski definition) is 7. The molecule has 31 heavy (non-hydrogen) atoms. The zero-order chi connectivity index (χ0) is 21.5. The molecule has 156 valence electrons. The van der Waals surface area contributed by atoms with E-state index in [4.69, 9.17) is 11.5 Å². The van der Waals surface area contributed by atoms with E-state index < -0.39 is 5.82 Å². The second-order valence-electron chi connectivity index (χ2n) is 7.52. The lowest BCUT2D eigenvalue weighted by molar-refractivity contribution is 0.516. The average Bonchev–Trinajstić information content (AvgIpc) is 3.19. The van der Waals surface area contributed by atoms with Gasteiger partial charge in [0.15, 0.2) is 0 Å². The Labute approximate surface area is 178 Å². The molecule has 1 aliphatic heterocycles. The van der Waals surface area contributed by atoms with Crippen LogP contribution in [0.3, 0.4) is 0 Å². The molecule has 8 nitrogen and oxygen atoms in total. The fourth-order valence-corrected chi connectivity index (χ4v) is 4.12. The van der Waals surface area contributed by atoms with E-state index in [0.29, 0.717) is 23.6 Å². The predicted octanol–water partition coefficient (Wildman–Crippen LogP) is 2.49. The van der Waals surface area contributed by atoms with Crippen LogP contribution in [0, 0.1) is 12.7 Å². The van der Waals surface area contributed by atoms with Crippen LogP contribution in [0.25, 0.3) is 5.69 Å². The summed E-state index contributed by atoms with van der Waals surface area (Å²) < 4.78 is 16.4. The molecule has 0 saturated carbocycles. The summed E-state index contributed by atoms with van der Waals surface area (Å²) in [6.45, 7) is 2.35. The van der Waals surface area contributed by atoms with Crippen LogP contribution in [-0.4, -0.2) is 31.3 Å². The van der Waals surface area contributed by atoms with Crippen LogP contribution in [0.1, 0.15) is 40.2 Å².